The van der Waals surface area contributed by atoms with E-state index in [-0.39, 0.29) is 11.5 Å². The van der Waals surface area contributed by atoms with Crippen LogP contribution in [0.1, 0.15) is 58.6 Å². The zero-order valence-electron chi connectivity index (χ0n) is 22.5. The average Bonchev–Trinajstić information content (AvgIpc) is 3.17. The topological polar surface area (TPSA) is 95.5 Å². The molecule has 1 amide bonds. The van der Waals surface area contributed by atoms with Gasteiger partial charge in [0.25, 0.3) is 0 Å². The molecule has 0 atom stereocenters. The van der Waals surface area contributed by atoms with Gasteiger partial charge in [0.1, 0.15) is 29.1 Å². The summed E-state index contributed by atoms with van der Waals surface area (Å²) in [5.74, 6) is 1.30. The number of carbonyl (C=O) groups is 1. The van der Waals surface area contributed by atoms with Crippen molar-refractivity contribution in [1.82, 2.24) is 19.4 Å². The summed E-state index contributed by atoms with van der Waals surface area (Å²) < 4.78 is 13.1. The number of likely N-dealkylation sites (tertiary alicyclic amines) is 1. The lowest BCUT2D eigenvalue weighted by Gasteiger charge is -2.43. The maximum absolute atomic E-state index is 12.5. The molecule has 8 heteroatoms. The van der Waals surface area contributed by atoms with Gasteiger partial charge in [-0.05, 0) is 81.6 Å². The van der Waals surface area contributed by atoms with Crippen LogP contribution in [0.15, 0.2) is 36.7 Å². The van der Waals surface area contributed by atoms with E-state index < -0.39 is 5.60 Å². The summed E-state index contributed by atoms with van der Waals surface area (Å²) in [5, 5.41) is 0.886. The number of ether oxygens (including phenoxy) is 2. The first-order chi connectivity index (χ1) is 17.6. The Morgan fingerprint density at radius 1 is 1.08 bits per heavy atom. The van der Waals surface area contributed by atoms with E-state index in [1.54, 1.807) is 7.11 Å². The Hall–Kier alpha value is -3.55. The number of methoxy groups -OCH3 is 1. The normalized spacial score (nSPS) is 17.6. The summed E-state index contributed by atoms with van der Waals surface area (Å²) in [7, 11) is 3.73. The molecule has 2 N–H and O–H groups in total. The van der Waals surface area contributed by atoms with Crippen molar-refractivity contribution in [2.75, 3.05) is 25.9 Å². The zero-order valence-corrected chi connectivity index (χ0v) is 22.5. The van der Waals surface area contributed by atoms with Gasteiger partial charge < -0.3 is 24.7 Å². The molecule has 0 saturated carbocycles. The quantitative estimate of drug-likeness (QED) is 0.485. The molecule has 3 heterocycles. The number of carbonyl (C=O) groups excluding carboxylic acids is 1. The number of aryl methyl sites for hydroxylation is 1. The Balaban J connectivity index is 1.44. The van der Waals surface area contributed by atoms with Gasteiger partial charge in [-0.2, -0.15) is 0 Å². The number of nitrogen functional groups attached to an aromatic ring is 1. The van der Waals surface area contributed by atoms with E-state index in [1.807, 2.05) is 37.8 Å². The zero-order chi connectivity index (χ0) is 26.4. The Morgan fingerprint density at radius 2 is 1.78 bits per heavy atom. The van der Waals surface area contributed by atoms with Crippen molar-refractivity contribution < 1.29 is 14.3 Å². The van der Waals surface area contributed by atoms with E-state index in [0.717, 1.165) is 78.8 Å². The first-order valence-electron chi connectivity index (χ1n) is 13.0. The van der Waals surface area contributed by atoms with Crippen LogP contribution in [-0.4, -0.2) is 51.3 Å². The second-order valence-electron chi connectivity index (χ2n) is 11.4. The molecule has 1 saturated heterocycles. The Morgan fingerprint density at radius 3 is 2.38 bits per heavy atom. The number of anilines is 1. The highest BCUT2D eigenvalue weighted by Crippen LogP contribution is 2.49. The van der Waals surface area contributed by atoms with E-state index in [2.05, 4.69) is 39.8 Å². The number of fused-ring (bicyclic) bond motifs is 1. The molecule has 2 aliphatic rings. The molecule has 0 radical (unpaired) electrons. The summed E-state index contributed by atoms with van der Waals surface area (Å²) >= 11 is 0. The van der Waals surface area contributed by atoms with Gasteiger partial charge >= 0.3 is 6.09 Å². The smallest absolute Gasteiger partial charge is 0.410 e. The molecule has 1 aromatic carbocycles. The van der Waals surface area contributed by atoms with Crippen molar-refractivity contribution in [3.05, 3.63) is 42.4 Å². The monoisotopic (exact) mass is 503 g/mol. The highest BCUT2D eigenvalue weighted by atomic mass is 16.6. The van der Waals surface area contributed by atoms with Crippen molar-refractivity contribution in [3.63, 3.8) is 0 Å². The predicted octanol–water partition coefficient (Wildman–Crippen LogP) is 5.81. The van der Waals surface area contributed by atoms with Crippen molar-refractivity contribution in [1.29, 1.82) is 0 Å². The Labute approximate surface area is 218 Å². The number of rotatable bonds is 3. The number of piperidine rings is 1. The number of hydrogen-bond donors (Lipinski definition) is 1. The fourth-order valence-corrected chi connectivity index (χ4v) is 5.79. The number of benzene rings is 1. The minimum absolute atomic E-state index is 0.201. The predicted molar refractivity (Wildman–Crippen MR) is 146 cm³/mol. The van der Waals surface area contributed by atoms with Gasteiger partial charge in [-0.25, -0.2) is 14.8 Å². The van der Waals surface area contributed by atoms with Crippen molar-refractivity contribution in [2.24, 2.45) is 12.5 Å². The van der Waals surface area contributed by atoms with Gasteiger partial charge in [-0.3, -0.25) is 0 Å². The molecule has 1 spiro atoms. The summed E-state index contributed by atoms with van der Waals surface area (Å²) in [5.41, 5.74) is 11.6. The molecule has 8 nitrogen and oxygen atoms in total. The van der Waals surface area contributed by atoms with Crippen LogP contribution in [0, 0.1) is 5.41 Å². The van der Waals surface area contributed by atoms with Gasteiger partial charge in [0, 0.05) is 25.7 Å². The third-order valence-corrected chi connectivity index (χ3v) is 7.86. The van der Waals surface area contributed by atoms with Gasteiger partial charge in [-0.1, -0.05) is 18.2 Å². The van der Waals surface area contributed by atoms with Gasteiger partial charge in [0.2, 0.25) is 0 Å². The maximum Gasteiger partial charge on any atom is 0.410 e. The van der Waals surface area contributed by atoms with E-state index in [0.29, 0.717) is 5.82 Å². The molecule has 196 valence electrons. The summed E-state index contributed by atoms with van der Waals surface area (Å²) in [6.45, 7) is 7.23. The highest BCUT2D eigenvalue weighted by molar-refractivity contribution is 6.06. The molecular weight excluding hydrogens is 466 g/mol. The first-order valence-corrected chi connectivity index (χ1v) is 13.0. The van der Waals surface area contributed by atoms with Crippen LogP contribution in [0.5, 0.6) is 5.75 Å². The van der Waals surface area contributed by atoms with Gasteiger partial charge in [0.05, 0.1) is 18.2 Å². The lowest BCUT2D eigenvalue weighted by Crippen LogP contribution is -2.45. The minimum Gasteiger partial charge on any atom is -0.497 e. The van der Waals surface area contributed by atoms with Crippen LogP contribution in [0.25, 0.3) is 27.7 Å². The third kappa shape index (κ3) is 4.77. The van der Waals surface area contributed by atoms with Gasteiger partial charge in [0.15, 0.2) is 0 Å². The fourth-order valence-electron chi connectivity index (χ4n) is 5.79. The van der Waals surface area contributed by atoms with Crippen LogP contribution >= 0.6 is 0 Å². The summed E-state index contributed by atoms with van der Waals surface area (Å²) in [6, 6.07) is 8.09. The summed E-state index contributed by atoms with van der Waals surface area (Å²) in [6.07, 6.45) is 8.77. The average molecular weight is 504 g/mol. The highest BCUT2D eigenvalue weighted by Gasteiger charge is 2.38. The molecule has 0 bridgehead atoms. The second-order valence-corrected chi connectivity index (χ2v) is 11.4. The van der Waals surface area contributed by atoms with Crippen LogP contribution in [0.2, 0.25) is 0 Å². The third-order valence-electron chi connectivity index (χ3n) is 7.86. The van der Waals surface area contributed by atoms with Crippen LogP contribution < -0.4 is 10.5 Å². The van der Waals surface area contributed by atoms with E-state index >= 15 is 0 Å². The molecule has 2 aromatic heterocycles. The number of amides is 1. The molecular formula is C29H37N5O3. The lowest BCUT2D eigenvalue weighted by atomic mass is 9.68. The van der Waals surface area contributed by atoms with Gasteiger partial charge in [-0.15, -0.1) is 0 Å². The van der Waals surface area contributed by atoms with E-state index in [1.165, 1.54) is 11.9 Å². The Bertz CT molecular complexity index is 1340. The number of nitrogens with two attached hydrogens (primary N) is 1. The van der Waals surface area contributed by atoms with Crippen molar-refractivity contribution >= 4 is 28.5 Å². The molecule has 1 aliphatic heterocycles. The largest absolute Gasteiger partial charge is 0.497 e. The Kier molecular flexibility index (Phi) is 6.38. The van der Waals surface area contributed by atoms with Crippen molar-refractivity contribution in [3.8, 4) is 16.9 Å². The second kappa shape index (κ2) is 9.39. The van der Waals surface area contributed by atoms with Crippen LogP contribution in [-0.2, 0) is 11.8 Å². The standard InChI is InChI=1S/C29H37N5O3/c1-28(2,3)37-27(35)34-16-14-29(15-17-34)12-10-20(11-13-29)24-22(19-6-8-21(36-5)9-7-19)23-25(30)31-18-32-26(23)33(24)4/h6-10,18H,11-17H2,1-5H3,(H2,30,31,32). The number of nitrogens with zero attached hydrogens (tertiary/aromatic N) is 4. The summed E-state index contributed by atoms with van der Waals surface area (Å²) in [4.78, 5) is 23.3. The van der Waals surface area contributed by atoms with Crippen molar-refractivity contribution in [2.45, 2.75) is 58.5 Å². The number of hydrogen-bond acceptors (Lipinski definition) is 6. The molecule has 0 unspecified atom stereocenters. The van der Waals surface area contributed by atoms with Crippen LogP contribution in [0.3, 0.4) is 0 Å². The molecule has 1 fully saturated rings. The fraction of sp³-hybridized carbons (Fsp3) is 0.483. The first kappa shape index (κ1) is 25.1. The number of allylic oxidation sites excluding steroid dienone is 2. The van der Waals surface area contributed by atoms with E-state index in [9.17, 15) is 4.79 Å². The molecule has 5 rings (SSSR count). The SMILES string of the molecule is COc1ccc(-c2c(C3=CCC4(CC3)CCN(C(=O)OC(C)(C)C)CC4)n(C)c3ncnc(N)c23)cc1. The molecule has 3 aromatic rings. The number of aromatic nitrogens is 3. The minimum atomic E-state index is -0.470. The lowest BCUT2D eigenvalue weighted by molar-refractivity contribution is 0.00896. The maximum atomic E-state index is 12.5. The molecule has 37 heavy (non-hydrogen) atoms. The van der Waals surface area contributed by atoms with Crippen LogP contribution in [0.4, 0.5) is 10.6 Å². The molecule has 1 aliphatic carbocycles. The van der Waals surface area contributed by atoms with E-state index in [4.69, 9.17) is 15.2 Å².